The summed E-state index contributed by atoms with van der Waals surface area (Å²) in [7, 11) is 0. The second kappa shape index (κ2) is 5.54. The van der Waals surface area contributed by atoms with Gasteiger partial charge in [-0.25, -0.2) is 4.79 Å². The van der Waals surface area contributed by atoms with Crippen LogP contribution in [0.3, 0.4) is 0 Å². The zero-order valence-electron chi connectivity index (χ0n) is 14.6. The summed E-state index contributed by atoms with van der Waals surface area (Å²) in [6.07, 6.45) is 7.59. The van der Waals surface area contributed by atoms with Gasteiger partial charge < -0.3 is 10.1 Å². The van der Waals surface area contributed by atoms with E-state index in [0.717, 1.165) is 48.5 Å². The Labute approximate surface area is 153 Å². The van der Waals surface area contributed by atoms with Crippen molar-refractivity contribution in [3.8, 4) is 5.75 Å². The molecule has 1 aliphatic heterocycles. The Morgan fingerprint density at radius 2 is 1.84 bits per heavy atom. The van der Waals surface area contributed by atoms with Gasteiger partial charge in [0.05, 0.1) is 12.2 Å². The largest absolute Gasteiger partial charge is 0.487 e. The molecule has 0 unspecified atom stereocenters. The predicted octanol–water partition coefficient (Wildman–Crippen LogP) is 4.61. The van der Waals surface area contributed by atoms with Crippen molar-refractivity contribution in [2.24, 2.45) is 17.8 Å². The number of benzene rings is 1. The van der Waals surface area contributed by atoms with E-state index >= 15 is 0 Å². The van der Waals surface area contributed by atoms with Crippen molar-refractivity contribution >= 4 is 23.3 Å². The molecule has 0 saturated heterocycles. The second-order valence-corrected chi connectivity index (χ2v) is 9.22. The highest BCUT2D eigenvalue weighted by Gasteiger charge is 2.52. The highest BCUT2D eigenvalue weighted by molar-refractivity contribution is 6.31. The van der Waals surface area contributed by atoms with Gasteiger partial charge in [0.15, 0.2) is 0 Å². The lowest BCUT2D eigenvalue weighted by Crippen LogP contribution is -2.62. The smallest absolute Gasteiger partial charge is 0.322 e. The number of fused-ring (bicyclic) bond motifs is 1. The number of urea groups is 1. The first-order valence-corrected chi connectivity index (χ1v) is 9.93. The first-order valence-electron chi connectivity index (χ1n) is 9.55. The van der Waals surface area contributed by atoms with Crippen LogP contribution in [0.25, 0.3) is 0 Å². The molecule has 25 heavy (non-hydrogen) atoms. The van der Waals surface area contributed by atoms with E-state index in [4.69, 9.17) is 16.3 Å². The minimum Gasteiger partial charge on any atom is -0.487 e. The molecule has 1 heterocycles. The minimum atomic E-state index is -0.0178. The Bertz CT molecular complexity index is 684. The van der Waals surface area contributed by atoms with Crippen LogP contribution in [0.15, 0.2) is 18.2 Å². The second-order valence-electron chi connectivity index (χ2n) is 8.78. The van der Waals surface area contributed by atoms with Crippen molar-refractivity contribution < 1.29 is 9.53 Å². The van der Waals surface area contributed by atoms with Crippen LogP contribution in [-0.2, 0) is 0 Å². The highest BCUT2D eigenvalue weighted by Crippen LogP contribution is 2.55. The van der Waals surface area contributed by atoms with Gasteiger partial charge in [0, 0.05) is 10.6 Å². The summed E-state index contributed by atoms with van der Waals surface area (Å²) in [6.45, 7) is 2.56. The molecule has 4 aliphatic carbocycles. The molecular weight excluding hydrogens is 336 g/mol. The third kappa shape index (κ3) is 2.69. The van der Waals surface area contributed by atoms with E-state index in [1.807, 2.05) is 30.0 Å². The summed E-state index contributed by atoms with van der Waals surface area (Å²) >= 11 is 6.17. The zero-order valence-corrected chi connectivity index (χ0v) is 15.4. The Morgan fingerprint density at radius 1 is 1.20 bits per heavy atom. The number of rotatable bonds is 1. The molecular formula is C20H25ClN2O2. The number of nitrogens with one attached hydrogen (secondary N) is 1. The maximum absolute atomic E-state index is 13.2. The van der Waals surface area contributed by atoms with Gasteiger partial charge in [-0.1, -0.05) is 11.6 Å². The number of amides is 2. The normalized spacial score (nSPS) is 38.2. The van der Waals surface area contributed by atoms with Crippen molar-refractivity contribution in [1.29, 1.82) is 0 Å². The molecule has 2 amide bonds. The van der Waals surface area contributed by atoms with E-state index in [9.17, 15) is 4.79 Å². The van der Waals surface area contributed by atoms with Crippen molar-refractivity contribution in [1.82, 2.24) is 5.32 Å². The Kier molecular flexibility index (Phi) is 3.50. The maximum atomic E-state index is 13.2. The van der Waals surface area contributed by atoms with Gasteiger partial charge in [0.25, 0.3) is 0 Å². The standard InChI is InChI=1S/C20H25ClN2O2/c1-12-11-23(17-7-16(21)2-3-18(17)25-12)19(24)22-20-8-13-4-14(9-20)6-15(5-13)10-20/h2-3,7,12-15H,4-6,8-11H2,1H3,(H,22,24)/t12-,13?,14?,15?,20?/m0/s1. The first kappa shape index (κ1) is 15.8. The number of hydrogen-bond acceptors (Lipinski definition) is 2. The van der Waals surface area contributed by atoms with Gasteiger partial charge in [-0.05, 0) is 81.4 Å². The highest BCUT2D eigenvalue weighted by atomic mass is 35.5. The first-order chi connectivity index (χ1) is 12.0. The summed E-state index contributed by atoms with van der Waals surface area (Å²) in [5.41, 5.74) is 0.805. The monoisotopic (exact) mass is 360 g/mol. The lowest BCUT2D eigenvalue weighted by Gasteiger charge is -2.57. The number of hydrogen-bond donors (Lipinski definition) is 1. The fourth-order valence-electron chi connectivity index (χ4n) is 6.16. The molecule has 4 fully saturated rings. The predicted molar refractivity (Wildman–Crippen MR) is 98.3 cm³/mol. The van der Waals surface area contributed by atoms with E-state index in [1.165, 1.54) is 19.3 Å². The third-order valence-electron chi connectivity index (χ3n) is 6.64. The van der Waals surface area contributed by atoms with Crippen LogP contribution >= 0.6 is 11.6 Å². The van der Waals surface area contributed by atoms with Gasteiger partial charge >= 0.3 is 6.03 Å². The Balaban J connectivity index is 1.41. The van der Waals surface area contributed by atoms with Crippen molar-refractivity contribution in [2.45, 2.75) is 57.1 Å². The molecule has 0 aromatic heterocycles. The summed E-state index contributed by atoms with van der Waals surface area (Å²) in [4.78, 5) is 15.0. The minimum absolute atomic E-state index is 0.0145. The molecule has 5 heteroatoms. The average molecular weight is 361 g/mol. The Morgan fingerprint density at radius 3 is 2.48 bits per heavy atom. The molecule has 1 aromatic rings. The van der Waals surface area contributed by atoms with E-state index < -0.39 is 0 Å². The number of carbonyl (C=O) groups excluding carboxylic acids is 1. The molecule has 4 saturated carbocycles. The number of carbonyl (C=O) groups is 1. The molecule has 0 spiro atoms. The topological polar surface area (TPSA) is 41.6 Å². The van der Waals surface area contributed by atoms with Crippen LogP contribution in [0, 0.1) is 17.8 Å². The molecule has 134 valence electrons. The fraction of sp³-hybridized carbons (Fsp3) is 0.650. The van der Waals surface area contributed by atoms with E-state index in [0.29, 0.717) is 11.6 Å². The van der Waals surface area contributed by atoms with Gasteiger partial charge in [-0.3, -0.25) is 4.90 Å². The van der Waals surface area contributed by atoms with Gasteiger partial charge in [-0.15, -0.1) is 0 Å². The van der Waals surface area contributed by atoms with Crippen LogP contribution in [0.1, 0.15) is 45.4 Å². The summed E-state index contributed by atoms with van der Waals surface area (Å²) in [6, 6.07) is 5.52. The molecule has 1 atom stereocenters. The number of ether oxygens (including phenoxy) is 1. The zero-order chi connectivity index (χ0) is 17.2. The SMILES string of the molecule is C[C@H]1CN(C(=O)NC23CC4CC(CC(C4)C2)C3)c2cc(Cl)ccc2O1. The van der Waals surface area contributed by atoms with E-state index in [-0.39, 0.29) is 17.7 Å². The quantitative estimate of drug-likeness (QED) is 0.794. The molecule has 0 radical (unpaired) electrons. The lowest BCUT2D eigenvalue weighted by molar-refractivity contribution is -0.0132. The summed E-state index contributed by atoms with van der Waals surface area (Å²) in [5, 5.41) is 4.09. The van der Waals surface area contributed by atoms with Crippen molar-refractivity contribution in [3.63, 3.8) is 0 Å². The van der Waals surface area contributed by atoms with Gasteiger partial charge in [-0.2, -0.15) is 0 Å². The van der Waals surface area contributed by atoms with Crippen LogP contribution in [-0.4, -0.2) is 24.2 Å². The van der Waals surface area contributed by atoms with Crippen LogP contribution in [0.2, 0.25) is 5.02 Å². The van der Waals surface area contributed by atoms with Crippen LogP contribution < -0.4 is 15.0 Å². The molecule has 4 nitrogen and oxygen atoms in total. The van der Waals surface area contributed by atoms with Crippen LogP contribution in [0.4, 0.5) is 10.5 Å². The molecule has 1 N–H and O–H groups in total. The van der Waals surface area contributed by atoms with E-state index in [2.05, 4.69) is 5.32 Å². The van der Waals surface area contributed by atoms with Gasteiger partial charge in [0.1, 0.15) is 11.9 Å². The number of anilines is 1. The van der Waals surface area contributed by atoms with Crippen molar-refractivity contribution in [2.75, 3.05) is 11.4 Å². The van der Waals surface area contributed by atoms with E-state index in [1.54, 1.807) is 0 Å². The molecule has 6 rings (SSSR count). The maximum Gasteiger partial charge on any atom is 0.322 e. The lowest BCUT2D eigenvalue weighted by atomic mass is 9.53. The molecule has 1 aromatic carbocycles. The molecule has 4 bridgehead atoms. The van der Waals surface area contributed by atoms with Crippen molar-refractivity contribution in [3.05, 3.63) is 23.2 Å². The number of halogens is 1. The molecule has 5 aliphatic rings. The van der Waals surface area contributed by atoms with Gasteiger partial charge in [0.2, 0.25) is 0 Å². The number of nitrogens with zero attached hydrogens (tertiary/aromatic N) is 1. The summed E-state index contributed by atoms with van der Waals surface area (Å²) in [5.74, 6) is 3.19. The summed E-state index contributed by atoms with van der Waals surface area (Å²) < 4.78 is 5.88. The fourth-order valence-corrected chi connectivity index (χ4v) is 6.33. The third-order valence-corrected chi connectivity index (χ3v) is 6.87. The average Bonchev–Trinajstić information content (AvgIpc) is 2.52. The van der Waals surface area contributed by atoms with Crippen LogP contribution in [0.5, 0.6) is 5.75 Å². The Hall–Kier alpha value is -1.42.